The Balaban J connectivity index is 1.59. The van der Waals surface area contributed by atoms with Crippen molar-refractivity contribution in [2.45, 2.75) is 38.1 Å². The van der Waals surface area contributed by atoms with E-state index in [2.05, 4.69) is 40.5 Å². The second-order valence-electron chi connectivity index (χ2n) is 5.96. The number of likely N-dealkylation sites (tertiary alicyclic amines) is 1. The molecule has 0 saturated carbocycles. The van der Waals surface area contributed by atoms with Crippen molar-refractivity contribution in [2.75, 3.05) is 25.5 Å². The van der Waals surface area contributed by atoms with Gasteiger partial charge in [0.1, 0.15) is 0 Å². The van der Waals surface area contributed by atoms with Gasteiger partial charge in [0.15, 0.2) is 5.96 Å². The molecular formula is C16H24N4. The van der Waals surface area contributed by atoms with Gasteiger partial charge < -0.3 is 16.0 Å². The van der Waals surface area contributed by atoms with E-state index in [0.29, 0.717) is 12.0 Å². The number of anilines is 1. The number of benzene rings is 1. The third kappa shape index (κ3) is 2.96. The molecule has 1 atom stereocenters. The Kier molecular flexibility index (Phi) is 3.92. The monoisotopic (exact) mass is 272 g/mol. The van der Waals surface area contributed by atoms with Crippen LogP contribution in [-0.2, 0) is 12.8 Å². The number of hydrogen-bond acceptors (Lipinski definition) is 2. The zero-order valence-electron chi connectivity index (χ0n) is 12.2. The maximum absolute atomic E-state index is 5.99. The smallest absolute Gasteiger partial charge is 0.193 e. The van der Waals surface area contributed by atoms with Crippen LogP contribution in [0, 0.1) is 0 Å². The molecule has 1 fully saturated rings. The summed E-state index contributed by atoms with van der Waals surface area (Å²) in [7, 11) is 2.16. The summed E-state index contributed by atoms with van der Waals surface area (Å²) < 4.78 is 0. The second kappa shape index (κ2) is 5.83. The lowest BCUT2D eigenvalue weighted by Crippen LogP contribution is -2.30. The van der Waals surface area contributed by atoms with Gasteiger partial charge in [0.25, 0.3) is 0 Å². The molecule has 1 aromatic rings. The predicted molar refractivity (Wildman–Crippen MR) is 84.2 cm³/mol. The first kappa shape index (κ1) is 13.4. The summed E-state index contributed by atoms with van der Waals surface area (Å²) in [4.78, 5) is 6.85. The van der Waals surface area contributed by atoms with Crippen LogP contribution in [0.5, 0.6) is 0 Å². The molecule has 0 spiro atoms. The Morgan fingerprint density at radius 1 is 1.35 bits per heavy atom. The first-order chi connectivity index (χ1) is 9.72. The van der Waals surface area contributed by atoms with Gasteiger partial charge in [-0.25, -0.2) is 0 Å². The number of likely N-dealkylation sites (N-methyl/N-ethyl adjacent to an activating group) is 1. The highest BCUT2D eigenvalue weighted by molar-refractivity contribution is 5.92. The lowest BCUT2D eigenvalue weighted by molar-refractivity contribution is 0.317. The van der Waals surface area contributed by atoms with E-state index in [0.717, 1.165) is 12.2 Å². The first-order valence-corrected chi connectivity index (χ1v) is 7.61. The van der Waals surface area contributed by atoms with Gasteiger partial charge in [-0.1, -0.05) is 6.07 Å². The lowest BCUT2D eigenvalue weighted by atomic mass is 10.1. The molecule has 1 unspecified atom stereocenters. The Morgan fingerprint density at radius 3 is 3.00 bits per heavy atom. The molecule has 108 valence electrons. The van der Waals surface area contributed by atoms with E-state index < -0.39 is 0 Å². The Morgan fingerprint density at radius 2 is 2.20 bits per heavy atom. The number of aryl methyl sites for hydroxylation is 2. The molecular weight excluding hydrogens is 248 g/mol. The molecule has 0 amide bonds. The van der Waals surface area contributed by atoms with Gasteiger partial charge in [-0.15, -0.1) is 0 Å². The fourth-order valence-corrected chi connectivity index (χ4v) is 3.25. The molecule has 0 radical (unpaired) electrons. The van der Waals surface area contributed by atoms with Crippen molar-refractivity contribution in [1.29, 1.82) is 0 Å². The van der Waals surface area contributed by atoms with Crippen LogP contribution in [0.25, 0.3) is 0 Å². The molecule has 3 N–H and O–H groups in total. The average Bonchev–Trinajstić information content (AvgIpc) is 3.04. The molecule has 1 aliphatic carbocycles. The molecule has 1 saturated heterocycles. The number of guanidine groups is 1. The molecule has 20 heavy (non-hydrogen) atoms. The summed E-state index contributed by atoms with van der Waals surface area (Å²) >= 11 is 0. The number of rotatable bonds is 3. The summed E-state index contributed by atoms with van der Waals surface area (Å²) in [6.07, 6.45) is 6.18. The zero-order valence-corrected chi connectivity index (χ0v) is 12.2. The van der Waals surface area contributed by atoms with Crippen LogP contribution in [0.2, 0.25) is 0 Å². The number of hydrogen-bond donors (Lipinski definition) is 2. The van der Waals surface area contributed by atoms with Crippen molar-refractivity contribution in [1.82, 2.24) is 4.90 Å². The van der Waals surface area contributed by atoms with E-state index in [9.17, 15) is 0 Å². The van der Waals surface area contributed by atoms with Crippen LogP contribution >= 0.6 is 0 Å². The van der Waals surface area contributed by atoms with Crippen LogP contribution in [0.15, 0.2) is 23.2 Å². The topological polar surface area (TPSA) is 53.6 Å². The summed E-state index contributed by atoms with van der Waals surface area (Å²) in [5.74, 6) is 0.531. The maximum Gasteiger partial charge on any atom is 0.193 e. The standard InChI is InChI=1S/C16H24N4/c1-20-9-3-6-15(20)11-18-16(17)19-14-8-7-12-4-2-5-13(12)10-14/h7-8,10,15H,2-6,9,11H2,1H3,(H3,17,18,19). The highest BCUT2D eigenvalue weighted by atomic mass is 15.2. The molecule has 1 heterocycles. The summed E-state index contributed by atoms with van der Waals surface area (Å²) in [5, 5.41) is 3.22. The molecule has 3 rings (SSSR count). The van der Waals surface area contributed by atoms with E-state index in [-0.39, 0.29) is 0 Å². The minimum absolute atomic E-state index is 0.531. The van der Waals surface area contributed by atoms with Gasteiger partial charge in [0.05, 0.1) is 6.54 Å². The molecule has 4 heteroatoms. The Hall–Kier alpha value is -1.55. The van der Waals surface area contributed by atoms with E-state index in [4.69, 9.17) is 5.73 Å². The molecule has 0 aromatic heterocycles. The summed E-state index contributed by atoms with van der Waals surface area (Å²) in [6, 6.07) is 7.08. The van der Waals surface area contributed by atoms with E-state index in [1.807, 2.05) is 0 Å². The van der Waals surface area contributed by atoms with E-state index in [1.54, 1.807) is 0 Å². The minimum atomic E-state index is 0.531. The number of aliphatic imine (C=N–C) groups is 1. The van der Waals surface area contributed by atoms with Crippen molar-refractivity contribution in [3.63, 3.8) is 0 Å². The van der Waals surface area contributed by atoms with Crippen molar-refractivity contribution < 1.29 is 0 Å². The van der Waals surface area contributed by atoms with Gasteiger partial charge in [-0.2, -0.15) is 0 Å². The van der Waals surface area contributed by atoms with Crippen molar-refractivity contribution in [3.05, 3.63) is 29.3 Å². The summed E-state index contributed by atoms with van der Waals surface area (Å²) in [6.45, 7) is 1.97. The molecule has 1 aliphatic heterocycles. The highest BCUT2D eigenvalue weighted by Gasteiger charge is 2.20. The van der Waals surface area contributed by atoms with Crippen LogP contribution in [0.3, 0.4) is 0 Å². The Labute approximate surface area is 121 Å². The Bertz CT molecular complexity index is 509. The molecule has 0 bridgehead atoms. The van der Waals surface area contributed by atoms with Crippen LogP contribution in [0.1, 0.15) is 30.4 Å². The number of fused-ring (bicyclic) bond motifs is 1. The third-order valence-corrected chi connectivity index (χ3v) is 4.51. The maximum atomic E-state index is 5.99. The quantitative estimate of drug-likeness (QED) is 0.653. The average molecular weight is 272 g/mol. The molecule has 2 aliphatic rings. The van der Waals surface area contributed by atoms with Crippen molar-refractivity contribution in [3.8, 4) is 0 Å². The predicted octanol–water partition coefficient (Wildman–Crippen LogP) is 2.00. The van der Waals surface area contributed by atoms with Gasteiger partial charge in [-0.05, 0) is 69.0 Å². The molecule has 1 aromatic carbocycles. The van der Waals surface area contributed by atoms with E-state index >= 15 is 0 Å². The third-order valence-electron chi connectivity index (χ3n) is 4.51. The largest absolute Gasteiger partial charge is 0.370 e. The zero-order chi connectivity index (χ0) is 13.9. The van der Waals surface area contributed by atoms with Gasteiger partial charge in [0, 0.05) is 11.7 Å². The lowest BCUT2D eigenvalue weighted by Gasteiger charge is -2.17. The van der Waals surface area contributed by atoms with Gasteiger partial charge in [0.2, 0.25) is 0 Å². The highest BCUT2D eigenvalue weighted by Crippen LogP contribution is 2.24. The minimum Gasteiger partial charge on any atom is -0.370 e. The van der Waals surface area contributed by atoms with Crippen molar-refractivity contribution >= 4 is 11.6 Å². The SMILES string of the molecule is CN1CCCC1CN=C(N)Nc1ccc2c(c1)CCC2. The number of nitrogens with two attached hydrogens (primary N) is 1. The van der Waals surface area contributed by atoms with Crippen LogP contribution < -0.4 is 11.1 Å². The van der Waals surface area contributed by atoms with Crippen molar-refractivity contribution in [2.24, 2.45) is 10.7 Å². The fraction of sp³-hybridized carbons (Fsp3) is 0.562. The van der Waals surface area contributed by atoms with Crippen LogP contribution in [0.4, 0.5) is 5.69 Å². The normalized spacial score (nSPS) is 23.1. The van der Waals surface area contributed by atoms with Gasteiger partial charge in [-0.3, -0.25) is 4.99 Å². The summed E-state index contributed by atoms with van der Waals surface area (Å²) in [5.41, 5.74) is 10.00. The number of nitrogens with zero attached hydrogens (tertiary/aromatic N) is 2. The molecule has 4 nitrogen and oxygen atoms in total. The van der Waals surface area contributed by atoms with Crippen LogP contribution in [-0.4, -0.2) is 37.0 Å². The second-order valence-corrected chi connectivity index (χ2v) is 5.96. The first-order valence-electron chi connectivity index (χ1n) is 7.61. The van der Waals surface area contributed by atoms with Gasteiger partial charge >= 0.3 is 0 Å². The fourth-order valence-electron chi connectivity index (χ4n) is 3.25. The number of nitrogens with one attached hydrogen (secondary N) is 1. The van der Waals surface area contributed by atoms with E-state index in [1.165, 1.54) is 49.8 Å².